The van der Waals surface area contributed by atoms with Crippen molar-refractivity contribution < 1.29 is 22.3 Å². The van der Waals surface area contributed by atoms with Crippen LogP contribution in [0, 0.1) is 11.6 Å². The monoisotopic (exact) mass is 384 g/mol. The van der Waals surface area contributed by atoms with Crippen LogP contribution in [0.5, 0.6) is 5.75 Å². The molecule has 0 heterocycles. The van der Waals surface area contributed by atoms with Crippen molar-refractivity contribution in [3.05, 3.63) is 72.3 Å². The highest BCUT2D eigenvalue weighted by molar-refractivity contribution is 7.79. The standard InChI is InChI=1S/C21H14F2O3S/c1-26-18-8-2-12-10-14(22)4-6-16(12)20(18)21-17-7-5-15(23)11-13(17)3-9-19(21)27(24)25/h2-11H,1H3,(H,24,25). The number of hydrogen-bond acceptors (Lipinski definition) is 2. The molecule has 4 aromatic carbocycles. The van der Waals surface area contributed by atoms with Gasteiger partial charge in [0.25, 0.3) is 0 Å². The van der Waals surface area contributed by atoms with Crippen LogP contribution >= 0.6 is 0 Å². The molecule has 4 aromatic rings. The van der Waals surface area contributed by atoms with Gasteiger partial charge in [-0.15, -0.1) is 0 Å². The van der Waals surface area contributed by atoms with Gasteiger partial charge in [0, 0.05) is 11.1 Å². The summed E-state index contributed by atoms with van der Waals surface area (Å²) in [6.45, 7) is 0. The van der Waals surface area contributed by atoms with E-state index in [1.54, 1.807) is 30.3 Å². The van der Waals surface area contributed by atoms with Gasteiger partial charge in [0.1, 0.15) is 17.4 Å². The molecule has 0 aliphatic carbocycles. The minimum absolute atomic E-state index is 0.171. The van der Waals surface area contributed by atoms with E-state index in [1.165, 1.54) is 37.4 Å². The average molecular weight is 384 g/mol. The van der Waals surface area contributed by atoms with Crippen molar-refractivity contribution in [1.82, 2.24) is 0 Å². The number of halogens is 2. The molecule has 0 aliphatic rings. The van der Waals surface area contributed by atoms with Crippen molar-refractivity contribution in [2.24, 2.45) is 0 Å². The molecular weight excluding hydrogens is 370 g/mol. The van der Waals surface area contributed by atoms with E-state index in [2.05, 4.69) is 0 Å². The van der Waals surface area contributed by atoms with E-state index in [4.69, 9.17) is 4.74 Å². The molecule has 0 amide bonds. The van der Waals surface area contributed by atoms with Crippen LogP contribution in [0.25, 0.3) is 32.7 Å². The lowest BCUT2D eigenvalue weighted by Gasteiger charge is -2.17. The van der Waals surface area contributed by atoms with Crippen LogP contribution in [-0.4, -0.2) is 15.9 Å². The van der Waals surface area contributed by atoms with Gasteiger partial charge in [-0.3, -0.25) is 0 Å². The maximum atomic E-state index is 13.7. The minimum atomic E-state index is -2.28. The van der Waals surface area contributed by atoms with Crippen LogP contribution in [0.15, 0.2) is 65.6 Å². The average Bonchev–Trinajstić information content (AvgIpc) is 2.65. The second kappa shape index (κ2) is 6.72. The molecule has 0 saturated carbocycles. The van der Waals surface area contributed by atoms with Crippen molar-refractivity contribution >= 4 is 32.6 Å². The van der Waals surface area contributed by atoms with Crippen LogP contribution in [0.1, 0.15) is 0 Å². The van der Waals surface area contributed by atoms with Gasteiger partial charge in [-0.1, -0.05) is 24.3 Å². The molecule has 0 bridgehead atoms. The Bertz CT molecular complexity index is 1220. The van der Waals surface area contributed by atoms with E-state index in [9.17, 15) is 17.5 Å². The highest BCUT2D eigenvalue weighted by atomic mass is 32.2. The quantitative estimate of drug-likeness (QED) is 0.473. The van der Waals surface area contributed by atoms with Crippen LogP contribution in [0.3, 0.4) is 0 Å². The van der Waals surface area contributed by atoms with Gasteiger partial charge in [-0.25, -0.2) is 13.0 Å². The first kappa shape index (κ1) is 17.6. The van der Waals surface area contributed by atoms with Crippen molar-refractivity contribution in [3.63, 3.8) is 0 Å². The Labute approximate surface area is 156 Å². The summed E-state index contributed by atoms with van der Waals surface area (Å²) in [6, 6.07) is 15.0. The maximum Gasteiger partial charge on any atom is 0.187 e. The zero-order valence-electron chi connectivity index (χ0n) is 14.2. The highest BCUT2D eigenvalue weighted by Gasteiger charge is 2.20. The summed E-state index contributed by atoms with van der Waals surface area (Å²) in [4.78, 5) is 0.171. The zero-order valence-corrected chi connectivity index (χ0v) is 15.0. The molecule has 0 spiro atoms. The summed E-state index contributed by atoms with van der Waals surface area (Å²) in [6.07, 6.45) is 0. The topological polar surface area (TPSA) is 46.5 Å². The summed E-state index contributed by atoms with van der Waals surface area (Å²) in [5.74, 6) is -0.319. The Morgan fingerprint density at radius 1 is 0.815 bits per heavy atom. The third-order valence-electron chi connectivity index (χ3n) is 4.55. The summed E-state index contributed by atoms with van der Waals surface area (Å²) >= 11 is -2.28. The SMILES string of the molecule is COc1ccc2cc(F)ccc2c1-c1c(S(=O)O)ccc2cc(F)ccc12. The predicted molar refractivity (Wildman–Crippen MR) is 102 cm³/mol. The first-order valence-corrected chi connectivity index (χ1v) is 9.20. The molecule has 27 heavy (non-hydrogen) atoms. The van der Waals surface area contributed by atoms with Gasteiger partial charge in [0.15, 0.2) is 11.1 Å². The Balaban J connectivity index is 2.22. The van der Waals surface area contributed by atoms with Gasteiger partial charge in [0.2, 0.25) is 0 Å². The largest absolute Gasteiger partial charge is 0.496 e. The molecule has 0 aliphatic heterocycles. The molecule has 0 radical (unpaired) electrons. The van der Waals surface area contributed by atoms with Gasteiger partial charge in [-0.05, 0) is 57.9 Å². The third-order valence-corrected chi connectivity index (χ3v) is 5.26. The molecule has 6 heteroatoms. The van der Waals surface area contributed by atoms with E-state index in [0.29, 0.717) is 38.4 Å². The van der Waals surface area contributed by atoms with Gasteiger partial charge >= 0.3 is 0 Å². The summed E-state index contributed by atoms with van der Waals surface area (Å²) in [7, 11) is 1.49. The first-order chi connectivity index (χ1) is 13.0. The molecule has 1 unspecified atom stereocenters. The molecule has 3 nitrogen and oxygen atoms in total. The zero-order chi connectivity index (χ0) is 19.1. The van der Waals surface area contributed by atoms with E-state index in [1.807, 2.05) is 0 Å². The predicted octanol–water partition coefficient (Wildman–Crippen LogP) is 5.53. The third kappa shape index (κ3) is 2.97. The van der Waals surface area contributed by atoms with E-state index in [0.717, 1.165) is 0 Å². The van der Waals surface area contributed by atoms with Crippen molar-refractivity contribution in [2.45, 2.75) is 4.90 Å². The summed E-state index contributed by atoms with van der Waals surface area (Å²) in [5, 5.41) is 2.48. The smallest absolute Gasteiger partial charge is 0.187 e. The molecule has 0 aromatic heterocycles. The summed E-state index contributed by atoms with van der Waals surface area (Å²) < 4.78 is 54.8. The molecule has 0 fully saturated rings. The lowest BCUT2D eigenvalue weighted by atomic mass is 9.93. The van der Waals surface area contributed by atoms with Crippen molar-refractivity contribution in [3.8, 4) is 16.9 Å². The minimum Gasteiger partial charge on any atom is -0.496 e. The first-order valence-electron chi connectivity index (χ1n) is 8.09. The van der Waals surface area contributed by atoms with E-state index < -0.39 is 16.9 Å². The van der Waals surface area contributed by atoms with Gasteiger partial charge in [-0.2, -0.15) is 0 Å². The van der Waals surface area contributed by atoms with Crippen molar-refractivity contribution in [2.75, 3.05) is 7.11 Å². The van der Waals surface area contributed by atoms with Gasteiger partial charge < -0.3 is 9.29 Å². The fourth-order valence-corrected chi connectivity index (χ4v) is 3.96. The second-order valence-corrected chi connectivity index (χ2v) is 7.00. The number of fused-ring (bicyclic) bond motifs is 2. The van der Waals surface area contributed by atoms with E-state index in [-0.39, 0.29) is 10.7 Å². The lowest BCUT2D eigenvalue weighted by Crippen LogP contribution is -1.98. The molecule has 1 atom stereocenters. The van der Waals surface area contributed by atoms with Gasteiger partial charge in [0.05, 0.1) is 12.0 Å². The number of ether oxygens (including phenoxy) is 1. The fourth-order valence-electron chi connectivity index (χ4n) is 3.39. The Morgan fingerprint density at radius 2 is 1.37 bits per heavy atom. The summed E-state index contributed by atoms with van der Waals surface area (Å²) in [5.41, 5.74) is 1.02. The highest BCUT2D eigenvalue weighted by Crippen LogP contribution is 2.43. The molecule has 1 N–H and O–H groups in total. The Kier molecular flexibility index (Phi) is 4.37. The second-order valence-electron chi connectivity index (χ2n) is 6.06. The van der Waals surface area contributed by atoms with Crippen molar-refractivity contribution in [1.29, 1.82) is 0 Å². The van der Waals surface area contributed by atoms with Crippen LogP contribution < -0.4 is 4.74 Å². The number of methoxy groups -OCH3 is 1. The maximum absolute atomic E-state index is 13.7. The molecule has 4 rings (SSSR count). The fraction of sp³-hybridized carbons (Fsp3) is 0.0476. The van der Waals surface area contributed by atoms with Crippen LogP contribution in [0.2, 0.25) is 0 Å². The number of rotatable bonds is 3. The lowest BCUT2D eigenvalue weighted by molar-refractivity contribution is 0.417. The van der Waals surface area contributed by atoms with Crippen LogP contribution in [0.4, 0.5) is 8.78 Å². The Hall–Kier alpha value is -2.83. The Morgan fingerprint density at radius 3 is 1.93 bits per heavy atom. The van der Waals surface area contributed by atoms with E-state index >= 15 is 0 Å². The normalized spacial score (nSPS) is 12.4. The molecule has 136 valence electrons. The number of hydrogen-bond donors (Lipinski definition) is 1. The molecular formula is C21H14F2O3S. The van der Waals surface area contributed by atoms with Crippen LogP contribution in [-0.2, 0) is 11.1 Å². The molecule has 0 saturated heterocycles. The number of benzene rings is 4.